The fraction of sp³-hybridized carbons (Fsp3) is 0.467. The Morgan fingerprint density at radius 2 is 1.84 bits per heavy atom. The van der Waals surface area contributed by atoms with E-state index in [9.17, 15) is 9.59 Å². The molecular weight excluding hydrogens is 242 g/mol. The molecule has 4 heteroatoms. The molecular formula is C15H21NO3. The van der Waals surface area contributed by atoms with Crippen LogP contribution in [0.2, 0.25) is 0 Å². The van der Waals surface area contributed by atoms with Gasteiger partial charge in [0.15, 0.2) is 5.78 Å². The van der Waals surface area contributed by atoms with Gasteiger partial charge in [0.1, 0.15) is 0 Å². The molecule has 0 aliphatic rings. The summed E-state index contributed by atoms with van der Waals surface area (Å²) in [7, 11) is 0. The number of esters is 1. The highest BCUT2D eigenvalue weighted by Crippen LogP contribution is 2.11. The van der Waals surface area contributed by atoms with Crippen molar-refractivity contribution in [3.05, 3.63) is 29.8 Å². The van der Waals surface area contributed by atoms with Crippen LogP contribution in [0.4, 0.5) is 5.69 Å². The van der Waals surface area contributed by atoms with Crippen molar-refractivity contribution in [2.24, 2.45) is 0 Å². The number of carbonyl (C=O) groups excluding carboxylic acids is 2. The lowest BCUT2D eigenvalue weighted by Crippen LogP contribution is -2.08. The third-order valence-corrected chi connectivity index (χ3v) is 2.72. The number of anilines is 1. The Bertz CT molecular complexity index is 412. The van der Waals surface area contributed by atoms with E-state index >= 15 is 0 Å². The minimum absolute atomic E-state index is 0.147. The van der Waals surface area contributed by atoms with Gasteiger partial charge in [-0.3, -0.25) is 9.59 Å². The summed E-state index contributed by atoms with van der Waals surface area (Å²) in [6.07, 6.45) is 1.67. The van der Waals surface area contributed by atoms with Crippen LogP contribution < -0.4 is 5.32 Å². The summed E-state index contributed by atoms with van der Waals surface area (Å²) < 4.78 is 4.84. The van der Waals surface area contributed by atoms with Gasteiger partial charge in [-0.15, -0.1) is 0 Å². The third kappa shape index (κ3) is 5.55. The first-order valence-electron chi connectivity index (χ1n) is 6.70. The average molecular weight is 263 g/mol. The van der Waals surface area contributed by atoms with Crippen LogP contribution in [0.1, 0.15) is 43.5 Å². The number of ether oxygens (including phenoxy) is 1. The minimum Gasteiger partial charge on any atom is -0.466 e. The molecule has 0 fully saturated rings. The Morgan fingerprint density at radius 3 is 2.42 bits per heavy atom. The van der Waals surface area contributed by atoms with Crippen molar-refractivity contribution in [3.8, 4) is 0 Å². The normalized spacial score (nSPS) is 10.0. The number of rotatable bonds is 8. The van der Waals surface area contributed by atoms with Gasteiger partial charge in [0.25, 0.3) is 0 Å². The number of hydrogen-bond donors (Lipinski definition) is 1. The lowest BCUT2D eigenvalue weighted by atomic mass is 10.1. The molecule has 0 saturated heterocycles. The van der Waals surface area contributed by atoms with Gasteiger partial charge in [-0.05, 0) is 37.6 Å². The predicted molar refractivity (Wildman–Crippen MR) is 75.4 cm³/mol. The fourth-order valence-electron chi connectivity index (χ4n) is 1.68. The standard InChI is InChI=1S/C15H21NO3/c1-3-14(17)12-7-9-13(10-8-12)16-11-5-6-15(18)19-4-2/h7-10,16H,3-6,11H2,1-2H3. The molecule has 1 aromatic rings. The molecule has 0 heterocycles. The van der Waals surface area contributed by atoms with E-state index in [0.717, 1.165) is 17.7 Å². The maximum atomic E-state index is 11.4. The molecule has 19 heavy (non-hydrogen) atoms. The number of ketones is 1. The summed E-state index contributed by atoms with van der Waals surface area (Å²) in [6.45, 7) is 4.79. The van der Waals surface area contributed by atoms with Crippen LogP contribution in [0.25, 0.3) is 0 Å². The van der Waals surface area contributed by atoms with E-state index in [2.05, 4.69) is 5.32 Å². The molecule has 1 N–H and O–H groups in total. The van der Waals surface area contributed by atoms with Crippen LogP contribution in [0.5, 0.6) is 0 Å². The van der Waals surface area contributed by atoms with Crippen LogP contribution in [-0.4, -0.2) is 24.9 Å². The molecule has 4 nitrogen and oxygen atoms in total. The SMILES string of the molecule is CCOC(=O)CCCNc1ccc(C(=O)CC)cc1. The molecule has 0 bridgehead atoms. The topological polar surface area (TPSA) is 55.4 Å². The lowest BCUT2D eigenvalue weighted by molar-refractivity contribution is -0.143. The molecule has 0 aliphatic carbocycles. The lowest BCUT2D eigenvalue weighted by Gasteiger charge is -2.07. The number of Topliss-reactive ketones (excluding diaryl/α,β-unsaturated/α-hetero) is 1. The second-order valence-corrected chi connectivity index (χ2v) is 4.19. The third-order valence-electron chi connectivity index (χ3n) is 2.72. The summed E-state index contributed by atoms with van der Waals surface area (Å²) >= 11 is 0. The van der Waals surface area contributed by atoms with Gasteiger partial charge in [0.05, 0.1) is 6.61 Å². The van der Waals surface area contributed by atoms with Gasteiger partial charge >= 0.3 is 5.97 Å². The van der Waals surface area contributed by atoms with E-state index in [1.54, 1.807) is 6.92 Å². The maximum Gasteiger partial charge on any atom is 0.305 e. The Balaban J connectivity index is 2.30. The maximum absolute atomic E-state index is 11.4. The fourth-order valence-corrected chi connectivity index (χ4v) is 1.68. The monoisotopic (exact) mass is 263 g/mol. The van der Waals surface area contributed by atoms with Gasteiger partial charge in [0, 0.05) is 30.6 Å². The van der Waals surface area contributed by atoms with E-state index in [1.165, 1.54) is 0 Å². The highest BCUT2D eigenvalue weighted by atomic mass is 16.5. The molecule has 1 rings (SSSR count). The van der Waals surface area contributed by atoms with E-state index in [0.29, 0.717) is 26.0 Å². The Morgan fingerprint density at radius 1 is 1.16 bits per heavy atom. The van der Waals surface area contributed by atoms with Crippen LogP contribution in [-0.2, 0) is 9.53 Å². The van der Waals surface area contributed by atoms with Crippen molar-refractivity contribution >= 4 is 17.4 Å². The first-order valence-corrected chi connectivity index (χ1v) is 6.70. The highest BCUT2D eigenvalue weighted by molar-refractivity contribution is 5.96. The van der Waals surface area contributed by atoms with E-state index < -0.39 is 0 Å². The summed E-state index contributed by atoms with van der Waals surface area (Å²) in [6, 6.07) is 7.40. The van der Waals surface area contributed by atoms with Crippen molar-refractivity contribution in [1.29, 1.82) is 0 Å². The highest BCUT2D eigenvalue weighted by Gasteiger charge is 2.03. The minimum atomic E-state index is -0.159. The second-order valence-electron chi connectivity index (χ2n) is 4.19. The van der Waals surface area contributed by atoms with E-state index in [1.807, 2.05) is 31.2 Å². The summed E-state index contributed by atoms with van der Waals surface area (Å²) in [5.41, 5.74) is 1.69. The molecule has 0 unspecified atom stereocenters. The number of carbonyl (C=O) groups is 2. The number of benzene rings is 1. The summed E-state index contributed by atoms with van der Waals surface area (Å²) in [5, 5.41) is 3.21. The summed E-state index contributed by atoms with van der Waals surface area (Å²) in [5.74, 6) is -0.0120. The first kappa shape index (κ1) is 15.2. The van der Waals surface area contributed by atoms with Crippen molar-refractivity contribution in [2.45, 2.75) is 33.1 Å². The van der Waals surface area contributed by atoms with Crippen LogP contribution >= 0.6 is 0 Å². The summed E-state index contributed by atoms with van der Waals surface area (Å²) in [4.78, 5) is 22.6. The molecule has 1 aromatic carbocycles. The molecule has 104 valence electrons. The number of hydrogen-bond acceptors (Lipinski definition) is 4. The van der Waals surface area contributed by atoms with E-state index in [-0.39, 0.29) is 11.8 Å². The number of nitrogens with one attached hydrogen (secondary N) is 1. The van der Waals surface area contributed by atoms with Gasteiger partial charge in [-0.25, -0.2) is 0 Å². The van der Waals surface area contributed by atoms with Gasteiger partial charge in [0.2, 0.25) is 0 Å². The zero-order valence-corrected chi connectivity index (χ0v) is 11.6. The van der Waals surface area contributed by atoms with Gasteiger partial charge < -0.3 is 10.1 Å². The Kier molecular flexibility index (Phi) is 6.64. The Hall–Kier alpha value is -1.84. The van der Waals surface area contributed by atoms with Crippen molar-refractivity contribution in [1.82, 2.24) is 0 Å². The molecule has 0 aliphatic heterocycles. The molecule has 0 radical (unpaired) electrons. The van der Waals surface area contributed by atoms with Crippen LogP contribution in [0.3, 0.4) is 0 Å². The molecule has 0 spiro atoms. The van der Waals surface area contributed by atoms with Crippen molar-refractivity contribution in [3.63, 3.8) is 0 Å². The molecule has 0 amide bonds. The average Bonchev–Trinajstić information content (AvgIpc) is 2.44. The van der Waals surface area contributed by atoms with Gasteiger partial charge in [-0.1, -0.05) is 6.92 Å². The van der Waals surface area contributed by atoms with Crippen molar-refractivity contribution in [2.75, 3.05) is 18.5 Å². The molecule has 0 aromatic heterocycles. The van der Waals surface area contributed by atoms with Gasteiger partial charge in [-0.2, -0.15) is 0 Å². The van der Waals surface area contributed by atoms with E-state index in [4.69, 9.17) is 4.74 Å². The van der Waals surface area contributed by atoms with Crippen molar-refractivity contribution < 1.29 is 14.3 Å². The first-order chi connectivity index (χ1) is 9.17. The molecule has 0 atom stereocenters. The zero-order valence-electron chi connectivity index (χ0n) is 11.6. The zero-order chi connectivity index (χ0) is 14.1. The van der Waals surface area contributed by atoms with Crippen LogP contribution in [0, 0.1) is 0 Å². The largest absolute Gasteiger partial charge is 0.466 e. The predicted octanol–water partition coefficient (Wildman–Crippen LogP) is 3.03. The molecule has 0 saturated carbocycles. The smallest absolute Gasteiger partial charge is 0.305 e. The quantitative estimate of drug-likeness (QED) is 0.445. The Labute approximate surface area is 114 Å². The second kappa shape index (κ2) is 8.29. The van der Waals surface area contributed by atoms with Crippen LogP contribution in [0.15, 0.2) is 24.3 Å².